The highest BCUT2D eigenvalue weighted by Crippen LogP contribution is 2.37. The van der Waals surface area contributed by atoms with Crippen LogP contribution in [0.15, 0.2) is 0 Å². The molecule has 20 heavy (non-hydrogen) atoms. The molecule has 0 bridgehead atoms. The molecule has 0 aromatic heterocycles. The Labute approximate surface area is 126 Å². The van der Waals surface area contributed by atoms with E-state index in [-0.39, 0.29) is 0 Å². The lowest BCUT2D eigenvalue weighted by Gasteiger charge is -2.35. The number of rotatable bonds is 6. The first-order chi connectivity index (χ1) is 9.78. The molecule has 0 heterocycles. The quantitative estimate of drug-likeness (QED) is 0.491. The average Bonchev–Trinajstić information content (AvgIpc) is 2.76. The summed E-state index contributed by atoms with van der Waals surface area (Å²) in [5.41, 5.74) is 0. The Morgan fingerprint density at radius 3 is 1.35 bits per heavy atom. The maximum absolute atomic E-state index is 6.05. The van der Waals surface area contributed by atoms with Crippen LogP contribution in [0.5, 0.6) is 0 Å². The monoisotopic (exact) mass is 298 g/mol. The number of hydrogen-bond acceptors (Lipinski definition) is 2. The molecule has 2 rings (SSSR count). The van der Waals surface area contributed by atoms with E-state index in [2.05, 4.69) is 0 Å². The first-order valence-electron chi connectivity index (χ1n) is 8.88. The van der Waals surface area contributed by atoms with Crippen molar-refractivity contribution in [3.8, 4) is 0 Å². The zero-order valence-electron chi connectivity index (χ0n) is 13.7. The van der Waals surface area contributed by atoms with Crippen molar-refractivity contribution >= 4 is 8.56 Å². The topological polar surface area (TPSA) is 18.5 Å². The Kier molecular flexibility index (Phi) is 7.06. The van der Waals surface area contributed by atoms with Crippen LogP contribution < -0.4 is 0 Å². The van der Waals surface area contributed by atoms with Crippen LogP contribution in [0.3, 0.4) is 0 Å². The van der Waals surface area contributed by atoms with E-state index in [1.165, 1.54) is 82.7 Å². The van der Waals surface area contributed by atoms with Gasteiger partial charge in [0.05, 0.1) is 0 Å². The van der Waals surface area contributed by atoms with Gasteiger partial charge in [-0.3, -0.25) is 0 Å². The van der Waals surface area contributed by atoms with Crippen LogP contribution in [-0.4, -0.2) is 22.8 Å². The molecule has 0 spiro atoms. The van der Waals surface area contributed by atoms with Crippen molar-refractivity contribution in [3.05, 3.63) is 0 Å². The minimum atomic E-state index is -1.94. The van der Waals surface area contributed by atoms with Gasteiger partial charge < -0.3 is 8.85 Å². The molecule has 2 fully saturated rings. The van der Waals surface area contributed by atoms with Crippen molar-refractivity contribution in [2.24, 2.45) is 11.8 Å². The van der Waals surface area contributed by atoms with Gasteiger partial charge in [0, 0.05) is 14.2 Å². The molecule has 0 atom stereocenters. The second kappa shape index (κ2) is 8.55. The standard InChI is InChI=1S/C17H34O2Si/c1-18-20(19-2,15-17-12-8-5-9-13-17)14-16-10-6-3-4-7-11-16/h16-17H,3-15H2,1-2H3. The predicted molar refractivity (Wildman–Crippen MR) is 87.2 cm³/mol. The second-order valence-electron chi connectivity index (χ2n) is 7.09. The zero-order valence-corrected chi connectivity index (χ0v) is 14.7. The summed E-state index contributed by atoms with van der Waals surface area (Å²) in [6.45, 7) is 0. The summed E-state index contributed by atoms with van der Waals surface area (Å²) in [4.78, 5) is 0. The number of hydrogen-bond donors (Lipinski definition) is 0. The first kappa shape index (κ1) is 16.5. The Bertz CT molecular complexity index is 252. The lowest BCUT2D eigenvalue weighted by molar-refractivity contribution is 0.216. The summed E-state index contributed by atoms with van der Waals surface area (Å²) in [6, 6.07) is 2.49. The SMILES string of the molecule is CO[Si](CC1CCCCCC1)(CC1CCCCC1)OC. The van der Waals surface area contributed by atoms with Gasteiger partial charge in [-0.25, -0.2) is 0 Å². The van der Waals surface area contributed by atoms with E-state index >= 15 is 0 Å². The highest BCUT2D eigenvalue weighted by molar-refractivity contribution is 6.67. The van der Waals surface area contributed by atoms with Crippen molar-refractivity contribution < 1.29 is 8.85 Å². The summed E-state index contributed by atoms with van der Waals surface area (Å²) >= 11 is 0. The van der Waals surface area contributed by atoms with Crippen molar-refractivity contribution in [2.45, 2.75) is 82.7 Å². The van der Waals surface area contributed by atoms with Crippen molar-refractivity contribution in [2.75, 3.05) is 14.2 Å². The molecule has 2 saturated carbocycles. The van der Waals surface area contributed by atoms with E-state index in [9.17, 15) is 0 Å². The smallest absolute Gasteiger partial charge is 0.338 e. The summed E-state index contributed by atoms with van der Waals surface area (Å²) in [7, 11) is 1.88. The Morgan fingerprint density at radius 2 is 1.00 bits per heavy atom. The summed E-state index contributed by atoms with van der Waals surface area (Å²) in [6.07, 6.45) is 15.6. The molecule has 0 amide bonds. The van der Waals surface area contributed by atoms with E-state index in [0.29, 0.717) is 0 Å². The molecule has 0 aromatic carbocycles. The third kappa shape index (κ3) is 4.85. The maximum atomic E-state index is 6.05. The molecule has 2 aliphatic rings. The molecule has 3 heteroatoms. The van der Waals surface area contributed by atoms with E-state index in [1.807, 2.05) is 14.2 Å². The lowest BCUT2D eigenvalue weighted by Crippen LogP contribution is -2.43. The Hall–Kier alpha value is 0.137. The highest BCUT2D eigenvalue weighted by Gasteiger charge is 2.40. The normalized spacial score (nSPS) is 23.7. The van der Waals surface area contributed by atoms with Crippen molar-refractivity contribution in [1.29, 1.82) is 0 Å². The van der Waals surface area contributed by atoms with Crippen LogP contribution in [0.25, 0.3) is 0 Å². The predicted octanol–water partition coefficient (Wildman–Crippen LogP) is 5.27. The summed E-state index contributed by atoms with van der Waals surface area (Å²) < 4.78 is 12.1. The van der Waals surface area contributed by atoms with Crippen molar-refractivity contribution in [3.63, 3.8) is 0 Å². The molecule has 0 saturated heterocycles. The van der Waals surface area contributed by atoms with Crippen molar-refractivity contribution in [1.82, 2.24) is 0 Å². The molecule has 2 aliphatic carbocycles. The summed E-state index contributed by atoms with van der Waals surface area (Å²) in [5, 5.41) is 0. The van der Waals surface area contributed by atoms with Gasteiger partial charge in [-0.2, -0.15) is 0 Å². The van der Waals surface area contributed by atoms with Crippen LogP contribution in [0.2, 0.25) is 12.1 Å². The maximum Gasteiger partial charge on any atom is 0.338 e. The Morgan fingerprint density at radius 1 is 0.650 bits per heavy atom. The summed E-state index contributed by atoms with van der Waals surface area (Å²) in [5.74, 6) is 1.74. The van der Waals surface area contributed by atoms with Gasteiger partial charge in [0.15, 0.2) is 0 Å². The molecular formula is C17H34O2Si. The molecule has 118 valence electrons. The van der Waals surface area contributed by atoms with E-state index in [1.54, 1.807) is 0 Å². The van der Waals surface area contributed by atoms with Crippen LogP contribution in [0, 0.1) is 11.8 Å². The molecule has 2 nitrogen and oxygen atoms in total. The van der Waals surface area contributed by atoms with Gasteiger partial charge in [-0.15, -0.1) is 0 Å². The van der Waals surface area contributed by atoms with E-state index in [4.69, 9.17) is 8.85 Å². The third-order valence-corrected chi connectivity index (χ3v) is 9.53. The van der Waals surface area contributed by atoms with Gasteiger partial charge in [0.1, 0.15) is 0 Å². The average molecular weight is 299 g/mol. The molecule has 0 aliphatic heterocycles. The highest BCUT2D eigenvalue weighted by atomic mass is 28.4. The fraction of sp³-hybridized carbons (Fsp3) is 1.00. The Balaban J connectivity index is 1.91. The first-order valence-corrected chi connectivity index (χ1v) is 11.1. The fourth-order valence-corrected chi connectivity index (χ4v) is 7.91. The van der Waals surface area contributed by atoms with Crippen LogP contribution in [-0.2, 0) is 8.85 Å². The molecule has 0 aromatic rings. The molecule has 0 unspecified atom stereocenters. The largest absolute Gasteiger partial charge is 0.398 e. The van der Waals surface area contributed by atoms with Gasteiger partial charge in [0.25, 0.3) is 0 Å². The second-order valence-corrected chi connectivity index (χ2v) is 10.5. The van der Waals surface area contributed by atoms with Gasteiger partial charge in [-0.1, -0.05) is 70.6 Å². The third-order valence-electron chi connectivity index (χ3n) is 5.64. The molecule has 0 radical (unpaired) electrons. The lowest BCUT2D eigenvalue weighted by atomic mass is 9.91. The van der Waals surface area contributed by atoms with Crippen LogP contribution >= 0.6 is 0 Å². The van der Waals surface area contributed by atoms with Gasteiger partial charge in [0.2, 0.25) is 0 Å². The van der Waals surface area contributed by atoms with Gasteiger partial charge >= 0.3 is 8.56 Å². The molecular weight excluding hydrogens is 264 g/mol. The van der Waals surface area contributed by atoms with E-state index < -0.39 is 8.56 Å². The fourth-order valence-electron chi connectivity index (χ4n) is 4.34. The van der Waals surface area contributed by atoms with E-state index in [0.717, 1.165) is 11.8 Å². The van der Waals surface area contributed by atoms with Gasteiger partial charge in [-0.05, 0) is 23.9 Å². The minimum Gasteiger partial charge on any atom is -0.398 e. The minimum absolute atomic E-state index is 0.868. The van der Waals surface area contributed by atoms with Crippen LogP contribution in [0.1, 0.15) is 70.6 Å². The molecule has 0 N–H and O–H groups in total. The zero-order chi connectivity index (χ0) is 14.3. The van der Waals surface area contributed by atoms with Crippen LogP contribution in [0.4, 0.5) is 0 Å².